The summed E-state index contributed by atoms with van der Waals surface area (Å²) in [5.41, 5.74) is 41.3. The number of nitrogens with one attached hydrogen (secondary N) is 7. The van der Waals surface area contributed by atoms with Crippen LogP contribution in [0.5, 0.6) is 5.75 Å². The fraction of sp³-hybridized carbons (Fsp3) is 0.492. The van der Waals surface area contributed by atoms with Gasteiger partial charge in [-0.15, -0.1) is 0 Å². The molecule has 1 aliphatic heterocycles. The second-order valence-electron chi connectivity index (χ2n) is 21.2. The molecule has 87 heavy (non-hydrogen) atoms. The molecule has 1 aliphatic rings. The lowest BCUT2D eigenvalue weighted by Crippen LogP contribution is -2.60. The number of nitrogens with zero attached hydrogens (tertiary/aromatic N) is 3. The van der Waals surface area contributed by atoms with Crippen molar-refractivity contribution in [3.05, 3.63) is 102 Å². The van der Waals surface area contributed by atoms with Gasteiger partial charge in [0, 0.05) is 39.0 Å². The van der Waals surface area contributed by atoms with Crippen molar-refractivity contribution in [2.45, 2.75) is 152 Å². The quantitative estimate of drug-likeness (QED) is 0.0160. The summed E-state index contributed by atoms with van der Waals surface area (Å²) in [6, 6.07) is 15.0. The lowest BCUT2D eigenvalue weighted by atomic mass is 10.0. The molecule has 8 atom stereocenters. The summed E-state index contributed by atoms with van der Waals surface area (Å²) in [4.78, 5) is 147. The van der Waals surface area contributed by atoms with Gasteiger partial charge in [0.2, 0.25) is 53.2 Å². The predicted molar refractivity (Wildman–Crippen MR) is 326 cm³/mol. The molecule has 21 N–H and O–H groups in total. The van der Waals surface area contributed by atoms with Crippen LogP contribution in [0, 0.1) is 0 Å². The van der Waals surface area contributed by atoms with Gasteiger partial charge >= 0.3 is 0 Å². The summed E-state index contributed by atoms with van der Waals surface area (Å²) >= 11 is 0. The largest absolute Gasteiger partial charge is 0.497 e. The number of Topliss-reactive ketones (excluding diaryl/α,β-unsaturated/α-hetero) is 1. The van der Waals surface area contributed by atoms with Gasteiger partial charge in [-0.3, -0.25) is 57.9 Å². The van der Waals surface area contributed by atoms with Crippen LogP contribution in [0.15, 0.2) is 94.9 Å². The zero-order valence-electron chi connectivity index (χ0n) is 49.5. The van der Waals surface area contributed by atoms with Crippen molar-refractivity contribution in [2.24, 2.45) is 50.1 Å². The summed E-state index contributed by atoms with van der Waals surface area (Å²) in [6.45, 7) is 2.16. The number of likely N-dealkylation sites (tertiary alicyclic amines) is 1. The highest BCUT2D eigenvalue weighted by atomic mass is 16.5. The third-order valence-electron chi connectivity index (χ3n) is 14.3. The molecule has 28 nitrogen and oxygen atoms in total. The number of carbonyl (C=O) groups excluding carboxylic acids is 10. The van der Waals surface area contributed by atoms with Crippen LogP contribution in [0.4, 0.5) is 0 Å². The maximum atomic E-state index is 14.7. The van der Waals surface area contributed by atoms with Gasteiger partial charge in [-0.05, 0) is 113 Å². The van der Waals surface area contributed by atoms with Crippen LogP contribution in [0.3, 0.4) is 0 Å². The molecule has 3 aromatic carbocycles. The van der Waals surface area contributed by atoms with Gasteiger partial charge in [0.1, 0.15) is 42.0 Å². The first-order valence-corrected chi connectivity index (χ1v) is 29.0. The number of carbonyl (C=O) groups is 10. The number of unbranched alkanes of at least 4 members (excludes halogenated alkanes) is 1. The molecule has 1 saturated heterocycles. The average molecular weight is 1210 g/mol. The Kier molecular flexibility index (Phi) is 30.1. The Balaban J connectivity index is 1.61. The van der Waals surface area contributed by atoms with Crippen LogP contribution in [0.25, 0.3) is 0 Å². The molecule has 0 aromatic heterocycles. The van der Waals surface area contributed by atoms with E-state index in [1.165, 1.54) is 18.9 Å². The van der Waals surface area contributed by atoms with Gasteiger partial charge in [-0.25, -0.2) is 0 Å². The van der Waals surface area contributed by atoms with Gasteiger partial charge in [0.15, 0.2) is 17.7 Å². The Morgan fingerprint density at radius 2 is 1.02 bits per heavy atom. The number of hydrogen-bond donors (Lipinski definition) is 14. The summed E-state index contributed by atoms with van der Waals surface area (Å²) in [7, 11) is 1.54. The maximum Gasteiger partial charge on any atom is 0.245 e. The van der Waals surface area contributed by atoms with E-state index in [9.17, 15) is 47.9 Å². The Hall–Kier alpha value is -9.18. The fourth-order valence-corrected chi connectivity index (χ4v) is 9.65. The molecule has 9 amide bonds. The first kappa shape index (κ1) is 70.3. The third kappa shape index (κ3) is 25.5. The first-order chi connectivity index (χ1) is 41.6. The van der Waals surface area contributed by atoms with Gasteiger partial charge in [-0.1, -0.05) is 72.8 Å². The van der Waals surface area contributed by atoms with E-state index < -0.39 is 121 Å². The number of amides is 9. The first-order valence-electron chi connectivity index (χ1n) is 29.0. The second kappa shape index (κ2) is 37.3. The standard InChI is InChI=1S/C59H87N17O11/c1-36(77)41(18-9-10-28-60)70-51(80)42(19-11-29-67-58(63)64)72-56(85)48-21-13-31-76(48)57(86)44(20-12-30-68-59(65)66)73-55(84)47(34-50(62)79)75-52(81)43(26-27-49(61)78)71-54(83)46(33-37-14-5-3-6-15-37)74-53(82)45(69-35-39-16-7-4-8-17-39)32-38-22-24-40(87-2)25-23-38/h3-8,14-17,22-25,41-48,69H,9-13,18-21,26-35,60H2,1-2H3,(H2,61,78)(H2,62,79)(H,70,80)(H,71,83)(H,72,85)(H,73,84)(H,74,82)(H,75,81)(H4,63,64,67)(H4,65,66,68)/t41-,42-,43-,44-,45-,46-,47-,48-/m1/s1. The van der Waals surface area contributed by atoms with E-state index in [1.54, 1.807) is 42.5 Å². The Labute approximate surface area is 506 Å². The van der Waals surface area contributed by atoms with E-state index in [-0.39, 0.29) is 88.8 Å². The van der Waals surface area contributed by atoms with Crippen LogP contribution >= 0.6 is 0 Å². The Morgan fingerprint density at radius 3 is 1.59 bits per heavy atom. The molecule has 0 saturated carbocycles. The van der Waals surface area contributed by atoms with Gasteiger partial charge < -0.3 is 87.0 Å². The zero-order valence-corrected chi connectivity index (χ0v) is 49.5. The molecule has 1 heterocycles. The fourth-order valence-electron chi connectivity index (χ4n) is 9.65. The molecule has 0 unspecified atom stereocenters. The zero-order chi connectivity index (χ0) is 63.8. The molecule has 474 valence electrons. The van der Waals surface area contributed by atoms with Gasteiger partial charge in [0.05, 0.1) is 25.6 Å². The lowest BCUT2D eigenvalue weighted by molar-refractivity contribution is -0.143. The Morgan fingerprint density at radius 1 is 0.540 bits per heavy atom. The highest BCUT2D eigenvalue weighted by molar-refractivity contribution is 5.99. The summed E-state index contributed by atoms with van der Waals surface area (Å²) in [6.07, 6.45) is 0.657. The minimum absolute atomic E-state index is 0.00202. The van der Waals surface area contributed by atoms with E-state index in [0.29, 0.717) is 43.5 Å². The molecule has 28 heteroatoms. The normalized spacial score (nSPS) is 15.1. The number of ether oxygens (including phenoxy) is 1. The van der Waals surface area contributed by atoms with Crippen LogP contribution in [-0.2, 0) is 67.3 Å². The van der Waals surface area contributed by atoms with Crippen molar-refractivity contribution in [2.75, 3.05) is 33.3 Å². The van der Waals surface area contributed by atoms with Crippen LogP contribution < -0.4 is 82.1 Å². The molecule has 4 rings (SSSR count). The molecule has 1 fully saturated rings. The van der Waals surface area contributed by atoms with E-state index in [2.05, 4.69) is 47.2 Å². The number of guanidine groups is 2. The number of aliphatic imine (C=N–C) groups is 2. The van der Waals surface area contributed by atoms with Crippen molar-refractivity contribution >= 4 is 70.9 Å². The smallest absolute Gasteiger partial charge is 0.245 e. The van der Waals surface area contributed by atoms with E-state index >= 15 is 0 Å². The number of primary amides is 2. The number of methoxy groups -OCH3 is 1. The Bertz CT molecular complexity index is 2820. The van der Waals surface area contributed by atoms with Gasteiger partial charge in [-0.2, -0.15) is 0 Å². The SMILES string of the molecule is COc1ccc(C[C@@H](NCc2ccccc2)C(=O)N[C@H](Cc2ccccc2)C(=O)N[C@H](CCC(N)=O)C(=O)N[C@H](CC(N)=O)C(=O)N[C@H](CCCN=C(N)N)C(=O)N2CCC[C@@H]2C(=O)N[C@H](CCCN=C(N)N)C(=O)N[C@H](CCCCN)C(C)=O)cc1. The van der Waals surface area contributed by atoms with Crippen LogP contribution in [-0.4, -0.2) is 157 Å². The maximum absolute atomic E-state index is 14.7. The molecule has 0 aliphatic carbocycles. The molecule has 0 bridgehead atoms. The highest BCUT2D eigenvalue weighted by Gasteiger charge is 2.40. The van der Waals surface area contributed by atoms with Crippen molar-refractivity contribution in [1.82, 2.24) is 42.1 Å². The number of ketones is 1. The summed E-state index contributed by atoms with van der Waals surface area (Å²) in [5.74, 6) is -7.70. The lowest BCUT2D eigenvalue weighted by Gasteiger charge is -2.31. The predicted octanol–water partition coefficient (Wildman–Crippen LogP) is -2.50. The highest BCUT2D eigenvalue weighted by Crippen LogP contribution is 2.21. The molecule has 3 aromatic rings. The van der Waals surface area contributed by atoms with Crippen molar-refractivity contribution < 1.29 is 52.7 Å². The number of benzene rings is 3. The van der Waals surface area contributed by atoms with Crippen molar-refractivity contribution in [1.29, 1.82) is 0 Å². The molecular formula is C59H87N17O11. The molecule has 0 spiro atoms. The van der Waals surface area contributed by atoms with Crippen molar-refractivity contribution in [3.8, 4) is 5.75 Å². The van der Waals surface area contributed by atoms with E-state index in [1.807, 2.05) is 42.5 Å². The van der Waals surface area contributed by atoms with Crippen LogP contribution in [0.2, 0.25) is 0 Å². The topological polar surface area (TPSA) is 474 Å². The number of hydrogen-bond acceptors (Lipinski definition) is 15. The number of nitrogens with two attached hydrogens (primary N) is 7. The monoisotopic (exact) mass is 1210 g/mol. The summed E-state index contributed by atoms with van der Waals surface area (Å²) in [5, 5.41) is 19.3. The average Bonchev–Trinajstić information content (AvgIpc) is 4.27. The molecular weight excluding hydrogens is 1120 g/mol. The number of rotatable bonds is 39. The second-order valence-corrected chi connectivity index (χ2v) is 21.2. The van der Waals surface area contributed by atoms with Crippen molar-refractivity contribution in [3.63, 3.8) is 0 Å². The summed E-state index contributed by atoms with van der Waals surface area (Å²) < 4.78 is 5.32. The molecule has 0 radical (unpaired) electrons. The third-order valence-corrected chi connectivity index (χ3v) is 14.3. The van der Waals surface area contributed by atoms with Gasteiger partial charge in [0.25, 0.3) is 0 Å². The van der Waals surface area contributed by atoms with E-state index in [4.69, 9.17) is 44.9 Å². The van der Waals surface area contributed by atoms with Crippen LogP contribution in [0.1, 0.15) is 101 Å². The minimum atomic E-state index is -1.80. The van der Waals surface area contributed by atoms with E-state index in [0.717, 1.165) is 11.1 Å². The minimum Gasteiger partial charge on any atom is -0.497 e.